The van der Waals surface area contributed by atoms with E-state index < -0.39 is 11.9 Å². The van der Waals surface area contributed by atoms with Gasteiger partial charge in [-0.3, -0.25) is 4.79 Å². The lowest BCUT2D eigenvalue weighted by Crippen LogP contribution is -2.28. The largest absolute Gasteiger partial charge is 0.497 e. The standard InChI is InChI=1S/C32H25BrClFN4O3/c1-41-21-8-3-18(4-9-21)15-36-31-24-14-25(33)27-28(29(24)37-17-38-31)32(40)39(16-19-5-10-22(42-2)11-6-19)30(27)23-13-20(35)7-12-26(23)34/h3-14,17,30H,15-16H2,1-2H3,(H,36,37,38). The van der Waals surface area contributed by atoms with Crippen LogP contribution in [0, 0.1) is 5.82 Å². The molecule has 1 unspecified atom stereocenters. The summed E-state index contributed by atoms with van der Waals surface area (Å²) in [4.78, 5) is 25.0. The van der Waals surface area contributed by atoms with E-state index in [4.69, 9.17) is 21.1 Å². The Balaban J connectivity index is 1.45. The molecule has 1 aliphatic rings. The molecule has 0 fully saturated rings. The minimum atomic E-state index is -0.651. The molecule has 0 saturated heterocycles. The number of anilines is 1. The van der Waals surface area contributed by atoms with Crippen LogP contribution >= 0.6 is 27.5 Å². The number of hydrogen-bond acceptors (Lipinski definition) is 6. The van der Waals surface area contributed by atoms with Gasteiger partial charge < -0.3 is 19.7 Å². The van der Waals surface area contributed by atoms with Crippen molar-refractivity contribution in [1.29, 1.82) is 0 Å². The van der Waals surface area contributed by atoms with Crippen molar-refractivity contribution in [3.8, 4) is 11.5 Å². The number of hydrogen-bond donors (Lipinski definition) is 1. The summed E-state index contributed by atoms with van der Waals surface area (Å²) >= 11 is 10.4. The summed E-state index contributed by atoms with van der Waals surface area (Å²) in [6, 6.07) is 20.7. The van der Waals surface area contributed by atoms with Gasteiger partial charge in [0.15, 0.2) is 0 Å². The van der Waals surface area contributed by atoms with Crippen LogP contribution in [0.2, 0.25) is 5.02 Å². The molecule has 2 heterocycles. The van der Waals surface area contributed by atoms with Gasteiger partial charge in [-0.15, -0.1) is 0 Å². The first kappa shape index (κ1) is 27.9. The average Bonchev–Trinajstić information content (AvgIpc) is 3.30. The van der Waals surface area contributed by atoms with Gasteiger partial charge in [0, 0.05) is 39.1 Å². The first-order valence-corrected chi connectivity index (χ1v) is 14.3. The number of ether oxygens (including phenoxy) is 2. The first-order chi connectivity index (χ1) is 20.4. The van der Waals surface area contributed by atoms with Crippen LogP contribution in [0.1, 0.15) is 38.7 Å². The third-order valence-electron chi connectivity index (χ3n) is 7.36. The third-order valence-corrected chi connectivity index (χ3v) is 8.36. The van der Waals surface area contributed by atoms with Crippen molar-refractivity contribution >= 4 is 50.2 Å². The maximum Gasteiger partial charge on any atom is 0.257 e. The van der Waals surface area contributed by atoms with Crippen molar-refractivity contribution in [2.75, 3.05) is 19.5 Å². The van der Waals surface area contributed by atoms with E-state index in [2.05, 4.69) is 31.2 Å². The molecular formula is C32H25BrClFN4O3. The van der Waals surface area contributed by atoms with Gasteiger partial charge in [0.1, 0.15) is 29.5 Å². The number of carbonyl (C=O) groups excluding carboxylic acids is 1. The normalized spacial score (nSPS) is 14.3. The zero-order chi connectivity index (χ0) is 29.4. The van der Waals surface area contributed by atoms with E-state index in [1.807, 2.05) is 54.6 Å². The molecule has 0 saturated carbocycles. The Kier molecular flexibility index (Phi) is 7.70. The lowest BCUT2D eigenvalue weighted by molar-refractivity contribution is 0.0737. The number of fused-ring (bicyclic) bond motifs is 3. The Morgan fingerprint density at radius 1 is 0.952 bits per heavy atom. The Morgan fingerprint density at radius 3 is 2.29 bits per heavy atom. The minimum absolute atomic E-state index is 0.239. The van der Waals surface area contributed by atoms with Crippen molar-refractivity contribution < 1.29 is 18.7 Å². The number of halogens is 3. The minimum Gasteiger partial charge on any atom is -0.497 e. The van der Waals surface area contributed by atoms with Gasteiger partial charge in [-0.2, -0.15) is 0 Å². The van der Waals surface area contributed by atoms with E-state index in [9.17, 15) is 9.18 Å². The van der Waals surface area contributed by atoms with Crippen LogP contribution in [0.4, 0.5) is 10.2 Å². The zero-order valence-electron chi connectivity index (χ0n) is 22.7. The number of amides is 1. The Labute approximate surface area is 255 Å². The first-order valence-electron chi connectivity index (χ1n) is 13.1. The van der Waals surface area contributed by atoms with Gasteiger partial charge in [-0.1, -0.05) is 51.8 Å². The van der Waals surface area contributed by atoms with Crippen LogP contribution in [-0.4, -0.2) is 35.0 Å². The van der Waals surface area contributed by atoms with E-state index in [1.165, 1.54) is 24.5 Å². The van der Waals surface area contributed by atoms with Crippen LogP contribution in [0.25, 0.3) is 10.9 Å². The summed E-state index contributed by atoms with van der Waals surface area (Å²) in [7, 11) is 3.23. The fraction of sp³-hybridized carbons (Fsp3) is 0.156. The van der Waals surface area contributed by atoms with Crippen LogP contribution in [0.5, 0.6) is 11.5 Å². The topological polar surface area (TPSA) is 76.6 Å². The summed E-state index contributed by atoms with van der Waals surface area (Å²) in [5.74, 6) is 1.39. The molecule has 5 aromatic rings. The lowest BCUT2D eigenvalue weighted by Gasteiger charge is -2.27. The highest BCUT2D eigenvalue weighted by atomic mass is 79.9. The Hall–Kier alpha value is -4.21. The fourth-order valence-corrected chi connectivity index (χ4v) is 6.16. The Bertz CT molecular complexity index is 1800. The molecule has 7 nitrogen and oxygen atoms in total. The van der Waals surface area contributed by atoms with E-state index in [0.717, 1.165) is 16.9 Å². The molecule has 212 valence electrons. The van der Waals surface area contributed by atoms with Gasteiger partial charge in [-0.05, 0) is 59.7 Å². The second-order valence-corrected chi connectivity index (χ2v) is 11.1. The summed E-state index contributed by atoms with van der Waals surface area (Å²) in [6.45, 7) is 0.764. The molecule has 1 N–H and O–H groups in total. The summed E-state index contributed by atoms with van der Waals surface area (Å²) in [5, 5.41) is 4.42. The second kappa shape index (κ2) is 11.6. The number of nitrogens with zero attached hydrogens (tertiary/aromatic N) is 3. The number of methoxy groups -OCH3 is 2. The monoisotopic (exact) mass is 646 g/mol. The molecular weight excluding hydrogens is 623 g/mol. The smallest absolute Gasteiger partial charge is 0.257 e. The second-order valence-electron chi connectivity index (χ2n) is 9.82. The number of nitrogens with one attached hydrogen (secondary N) is 1. The quantitative estimate of drug-likeness (QED) is 0.187. The fourth-order valence-electron chi connectivity index (χ4n) is 5.29. The SMILES string of the molecule is COc1ccc(CNc2ncnc3c4c(c(Br)cc23)C(c2cc(F)ccc2Cl)N(Cc2ccc(OC)cc2)C4=O)cc1. The van der Waals surface area contributed by atoms with Crippen molar-refractivity contribution in [2.24, 2.45) is 0 Å². The number of rotatable bonds is 8. The predicted molar refractivity (Wildman–Crippen MR) is 164 cm³/mol. The van der Waals surface area contributed by atoms with Gasteiger partial charge in [0.2, 0.25) is 0 Å². The maximum atomic E-state index is 14.6. The van der Waals surface area contributed by atoms with E-state index in [-0.39, 0.29) is 12.5 Å². The maximum absolute atomic E-state index is 14.6. The Morgan fingerprint density at radius 2 is 1.62 bits per heavy atom. The van der Waals surface area contributed by atoms with Crippen molar-refractivity contribution in [3.63, 3.8) is 0 Å². The molecule has 0 radical (unpaired) electrons. The highest BCUT2D eigenvalue weighted by Crippen LogP contribution is 2.48. The van der Waals surface area contributed by atoms with Crippen LogP contribution in [-0.2, 0) is 13.1 Å². The molecule has 1 aromatic heterocycles. The molecule has 1 aliphatic heterocycles. The highest BCUT2D eigenvalue weighted by molar-refractivity contribution is 9.10. The summed E-state index contributed by atoms with van der Waals surface area (Å²) < 4.78 is 25.8. The van der Waals surface area contributed by atoms with Gasteiger partial charge in [0.05, 0.1) is 31.3 Å². The molecule has 0 spiro atoms. The van der Waals surface area contributed by atoms with E-state index in [0.29, 0.717) is 55.2 Å². The number of carbonyl (C=O) groups is 1. The molecule has 10 heteroatoms. The molecule has 0 bridgehead atoms. The van der Waals surface area contributed by atoms with Crippen LogP contribution < -0.4 is 14.8 Å². The molecule has 6 rings (SSSR count). The number of aromatic nitrogens is 2. The molecule has 1 amide bonds. The lowest BCUT2D eigenvalue weighted by atomic mass is 9.95. The van der Waals surface area contributed by atoms with Crippen molar-refractivity contribution in [1.82, 2.24) is 14.9 Å². The van der Waals surface area contributed by atoms with Gasteiger partial charge in [-0.25, -0.2) is 14.4 Å². The number of benzene rings is 4. The summed E-state index contributed by atoms with van der Waals surface area (Å²) in [6.07, 6.45) is 1.44. The molecule has 1 atom stereocenters. The van der Waals surface area contributed by atoms with E-state index >= 15 is 0 Å². The van der Waals surface area contributed by atoms with Gasteiger partial charge >= 0.3 is 0 Å². The predicted octanol–water partition coefficient (Wildman–Crippen LogP) is 7.56. The highest BCUT2D eigenvalue weighted by Gasteiger charge is 2.42. The molecule has 0 aliphatic carbocycles. The zero-order valence-corrected chi connectivity index (χ0v) is 25.0. The van der Waals surface area contributed by atoms with Crippen molar-refractivity contribution in [2.45, 2.75) is 19.1 Å². The summed E-state index contributed by atoms with van der Waals surface area (Å²) in [5.41, 5.74) is 4.00. The van der Waals surface area contributed by atoms with Gasteiger partial charge in [0.25, 0.3) is 5.91 Å². The van der Waals surface area contributed by atoms with Crippen molar-refractivity contribution in [3.05, 3.63) is 122 Å². The average molecular weight is 648 g/mol. The molecule has 4 aromatic carbocycles. The van der Waals surface area contributed by atoms with E-state index in [1.54, 1.807) is 19.1 Å². The third kappa shape index (κ3) is 5.14. The molecule has 42 heavy (non-hydrogen) atoms. The van der Waals surface area contributed by atoms with Crippen LogP contribution in [0.15, 0.2) is 83.6 Å². The van der Waals surface area contributed by atoms with Crippen LogP contribution in [0.3, 0.4) is 0 Å².